The van der Waals surface area contributed by atoms with Crippen molar-refractivity contribution >= 4 is 21.6 Å². The Bertz CT molecular complexity index is 235. The molecule has 1 aromatic heterocycles. The third-order valence-electron chi connectivity index (χ3n) is 1.33. The number of nitrogens with two attached hydrogens (primary N) is 1. The molecule has 60 valence electrons. The average molecular weight is 215 g/mol. The summed E-state index contributed by atoms with van der Waals surface area (Å²) in [6.45, 7) is 2.09. The maximum absolute atomic E-state index is 5.58. The molecule has 0 saturated carbocycles. The normalized spacial score (nSPS) is 12.9. The summed E-state index contributed by atoms with van der Waals surface area (Å²) < 4.78 is 0. The van der Waals surface area contributed by atoms with Gasteiger partial charge in [-0.25, -0.2) is 0 Å². The van der Waals surface area contributed by atoms with Crippen molar-refractivity contribution in [1.29, 1.82) is 0 Å². The number of aromatic nitrogens is 1. The van der Waals surface area contributed by atoms with E-state index in [1.807, 2.05) is 6.07 Å². The van der Waals surface area contributed by atoms with E-state index in [0.29, 0.717) is 4.83 Å². The molecule has 1 heterocycles. The summed E-state index contributed by atoms with van der Waals surface area (Å²) in [5.74, 6) is 0. The standard InChI is InChI=1S/C8H11BrN2/c1-6(9)4-8-5-7(10)2-3-11-8/h2-3,5-6H,4H2,1H3,(H2,10,11)/t6-/m0/s1. The highest BCUT2D eigenvalue weighted by Crippen LogP contribution is 2.09. The molecule has 0 aromatic carbocycles. The first-order valence-corrected chi connectivity index (χ1v) is 4.44. The van der Waals surface area contributed by atoms with Crippen molar-refractivity contribution in [3.63, 3.8) is 0 Å². The van der Waals surface area contributed by atoms with E-state index < -0.39 is 0 Å². The van der Waals surface area contributed by atoms with Crippen LogP contribution in [0.3, 0.4) is 0 Å². The second-order valence-corrected chi connectivity index (χ2v) is 4.13. The van der Waals surface area contributed by atoms with Gasteiger partial charge in [-0.1, -0.05) is 22.9 Å². The van der Waals surface area contributed by atoms with E-state index in [0.717, 1.165) is 17.8 Å². The maximum Gasteiger partial charge on any atom is 0.0435 e. The minimum atomic E-state index is 0.455. The Morgan fingerprint density at radius 3 is 3.00 bits per heavy atom. The number of alkyl halides is 1. The fourth-order valence-corrected chi connectivity index (χ4v) is 1.23. The first-order chi connectivity index (χ1) is 5.18. The molecular weight excluding hydrogens is 204 g/mol. The van der Waals surface area contributed by atoms with Crippen LogP contribution in [0, 0.1) is 0 Å². The van der Waals surface area contributed by atoms with E-state index in [1.54, 1.807) is 12.3 Å². The van der Waals surface area contributed by atoms with Crippen LogP contribution in [0.15, 0.2) is 18.3 Å². The van der Waals surface area contributed by atoms with E-state index in [9.17, 15) is 0 Å². The molecule has 1 aromatic rings. The van der Waals surface area contributed by atoms with E-state index >= 15 is 0 Å². The number of hydrogen-bond acceptors (Lipinski definition) is 2. The van der Waals surface area contributed by atoms with Crippen molar-refractivity contribution in [2.75, 3.05) is 5.73 Å². The fraction of sp³-hybridized carbons (Fsp3) is 0.375. The van der Waals surface area contributed by atoms with Gasteiger partial charge in [-0.15, -0.1) is 0 Å². The Balaban J connectivity index is 2.71. The predicted molar refractivity (Wildman–Crippen MR) is 50.7 cm³/mol. The number of anilines is 1. The Hall–Kier alpha value is -0.570. The Morgan fingerprint density at radius 1 is 1.73 bits per heavy atom. The first kappa shape index (κ1) is 8.53. The van der Waals surface area contributed by atoms with Crippen molar-refractivity contribution in [2.45, 2.75) is 18.2 Å². The largest absolute Gasteiger partial charge is 0.399 e. The van der Waals surface area contributed by atoms with E-state index in [4.69, 9.17) is 5.73 Å². The molecule has 0 unspecified atom stereocenters. The second-order valence-electron chi connectivity index (χ2n) is 2.57. The lowest BCUT2D eigenvalue weighted by Crippen LogP contribution is -1.99. The van der Waals surface area contributed by atoms with Crippen LogP contribution in [-0.4, -0.2) is 9.81 Å². The van der Waals surface area contributed by atoms with Crippen LogP contribution in [0.4, 0.5) is 5.69 Å². The summed E-state index contributed by atoms with van der Waals surface area (Å²) in [5, 5.41) is 0. The molecule has 0 fully saturated rings. The van der Waals surface area contributed by atoms with Crippen LogP contribution in [-0.2, 0) is 6.42 Å². The lowest BCUT2D eigenvalue weighted by atomic mass is 10.2. The maximum atomic E-state index is 5.58. The molecule has 0 aliphatic rings. The molecule has 2 N–H and O–H groups in total. The van der Waals surface area contributed by atoms with Gasteiger partial charge in [-0.3, -0.25) is 4.98 Å². The molecule has 0 spiro atoms. The topological polar surface area (TPSA) is 38.9 Å². The van der Waals surface area contributed by atoms with Gasteiger partial charge < -0.3 is 5.73 Å². The summed E-state index contributed by atoms with van der Waals surface area (Å²) >= 11 is 3.45. The molecule has 0 radical (unpaired) electrons. The molecule has 0 saturated heterocycles. The minimum absolute atomic E-state index is 0.455. The molecule has 0 aliphatic heterocycles. The Kier molecular flexibility index (Phi) is 2.88. The lowest BCUT2D eigenvalue weighted by Gasteiger charge is -2.02. The van der Waals surface area contributed by atoms with Crippen LogP contribution < -0.4 is 5.73 Å². The first-order valence-electron chi connectivity index (χ1n) is 3.53. The van der Waals surface area contributed by atoms with Gasteiger partial charge in [-0.05, 0) is 12.1 Å². The zero-order valence-electron chi connectivity index (χ0n) is 6.42. The van der Waals surface area contributed by atoms with Crippen molar-refractivity contribution < 1.29 is 0 Å². The van der Waals surface area contributed by atoms with Gasteiger partial charge >= 0.3 is 0 Å². The minimum Gasteiger partial charge on any atom is -0.399 e. The number of halogens is 1. The van der Waals surface area contributed by atoms with Crippen LogP contribution in [0.2, 0.25) is 0 Å². The monoisotopic (exact) mass is 214 g/mol. The van der Waals surface area contributed by atoms with Crippen LogP contribution in [0.1, 0.15) is 12.6 Å². The van der Waals surface area contributed by atoms with Crippen LogP contribution >= 0.6 is 15.9 Å². The molecule has 0 amide bonds. The summed E-state index contributed by atoms with van der Waals surface area (Å²) in [4.78, 5) is 4.63. The summed E-state index contributed by atoms with van der Waals surface area (Å²) in [6.07, 6.45) is 2.66. The average Bonchev–Trinajstić information content (AvgIpc) is 1.85. The lowest BCUT2D eigenvalue weighted by molar-refractivity contribution is 0.915. The van der Waals surface area contributed by atoms with Gasteiger partial charge in [0.2, 0.25) is 0 Å². The van der Waals surface area contributed by atoms with Gasteiger partial charge in [0.15, 0.2) is 0 Å². The number of hydrogen-bond donors (Lipinski definition) is 1. The van der Waals surface area contributed by atoms with Crippen molar-refractivity contribution in [1.82, 2.24) is 4.98 Å². The summed E-state index contributed by atoms with van der Waals surface area (Å²) in [7, 11) is 0. The van der Waals surface area contributed by atoms with Crippen molar-refractivity contribution in [2.24, 2.45) is 0 Å². The van der Waals surface area contributed by atoms with Crippen LogP contribution in [0.5, 0.6) is 0 Å². The van der Waals surface area contributed by atoms with E-state index in [-0.39, 0.29) is 0 Å². The molecule has 1 rings (SSSR count). The summed E-state index contributed by atoms with van der Waals surface area (Å²) in [6, 6.07) is 3.69. The number of nitrogens with zero attached hydrogens (tertiary/aromatic N) is 1. The molecule has 2 nitrogen and oxygen atoms in total. The van der Waals surface area contributed by atoms with Crippen molar-refractivity contribution in [3.05, 3.63) is 24.0 Å². The number of nitrogen functional groups attached to an aromatic ring is 1. The number of pyridine rings is 1. The van der Waals surface area contributed by atoms with Gasteiger partial charge in [0.05, 0.1) is 0 Å². The van der Waals surface area contributed by atoms with Gasteiger partial charge in [0.1, 0.15) is 0 Å². The molecular formula is C8H11BrN2. The van der Waals surface area contributed by atoms with Gasteiger partial charge in [0.25, 0.3) is 0 Å². The molecule has 1 atom stereocenters. The molecule has 0 bridgehead atoms. The smallest absolute Gasteiger partial charge is 0.0435 e. The Morgan fingerprint density at radius 2 is 2.45 bits per heavy atom. The number of rotatable bonds is 2. The highest BCUT2D eigenvalue weighted by molar-refractivity contribution is 9.09. The van der Waals surface area contributed by atoms with Crippen molar-refractivity contribution in [3.8, 4) is 0 Å². The molecule has 0 aliphatic carbocycles. The fourth-order valence-electron chi connectivity index (χ4n) is 0.897. The second kappa shape index (κ2) is 3.72. The third-order valence-corrected chi connectivity index (χ3v) is 1.65. The van der Waals surface area contributed by atoms with E-state index in [1.165, 1.54) is 0 Å². The van der Waals surface area contributed by atoms with Gasteiger partial charge in [-0.2, -0.15) is 0 Å². The zero-order valence-corrected chi connectivity index (χ0v) is 8.01. The quantitative estimate of drug-likeness (QED) is 0.766. The zero-order chi connectivity index (χ0) is 8.27. The highest BCUT2D eigenvalue weighted by atomic mass is 79.9. The Labute approximate surface area is 75.0 Å². The predicted octanol–water partition coefficient (Wildman–Crippen LogP) is 1.99. The van der Waals surface area contributed by atoms with E-state index in [2.05, 4.69) is 27.8 Å². The van der Waals surface area contributed by atoms with Crippen LogP contribution in [0.25, 0.3) is 0 Å². The third kappa shape index (κ3) is 2.89. The SMILES string of the molecule is C[C@H](Br)Cc1cc(N)ccn1. The molecule has 3 heteroatoms. The highest BCUT2D eigenvalue weighted by Gasteiger charge is 1.99. The summed E-state index contributed by atoms with van der Waals surface area (Å²) in [5.41, 5.74) is 7.40. The molecule has 11 heavy (non-hydrogen) atoms. The van der Waals surface area contributed by atoms with Gasteiger partial charge in [0, 0.05) is 28.8 Å².